The van der Waals surface area contributed by atoms with Crippen LogP contribution >= 0.6 is 11.3 Å². The summed E-state index contributed by atoms with van der Waals surface area (Å²) in [5.41, 5.74) is 2.58. The van der Waals surface area contributed by atoms with E-state index in [1.807, 2.05) is 17.9 Å². The zero-order valence-corrected chi connectivity index (χ0v) is 11.4. The smallest absolute Gasteiger partial charge is 0.0616 e. The highest BCUT2D eigenvalue weighted by molar-refractivity contribution is 7.10. The first-order valence-corrected chi connectivity index (χ1v) is 6.85. The minimum atomic E-state index is 0.272. The molecular formula is C13H19N3S. The topological polar surface area (TPSA) is 29.9 Å². The van der Waals surface area contributed by atoms with Gasteiger partial charge in [-0.1, -0.05) is 6.92 Å². The van der Waals surface area contributed by atoms with E-state index in [-0.39, 0.29) is 6.04 Å². The molecule has 0 bridgehead atoms. The van der Waals surface area contributed by atoms with E-state index in [0.29, 0.717) is 0 Å². The maximum atomic E-state index is 4.26. The molecular weight excluding hydrogens is 230 g/mol. The lowest BCUT2D eigenvalue weighted by atomic mass is 10.0. The Morgan fingerprint density at radius 2 is 2.29 bits per heavy atom. The van der Waals surface area contributed by atoms with Crippen LogP contribution in [0.3, 0.4) is 0 Å². The van der Waals surface area contributed by atoms with Crippen LogP contribution in [0.5, 0.6) is 0 Å². The van der Waals surface area contributed by atoms with Crippen LogP contribution < -0.4 is 5.32 Å². The summed E-state index contributed by atoms with van der Waals surface area (Å²) in [7, 11) is 1.96. The lowest BCUT2D eigenvalue weighted by molar-refractivity contribution is 0.599. The van der Waals surface area contributed by atoms with Crippen molar-refractivity contribution in [3.05, 3.63) is 39.8 Å². The summed E-state index contributed by atoms with van der Waals surface area (Å²) in [5, 5.41) is 10.1. The maximum Gasteiger partial charge on any atom is 0.0616 e. The van der Waals surface area contributed by atoms with Crippen LogP contribution in [0.25, 0.3) is 0 Å². The molecule has 3 nitrogen and oxygen atoms in total. The Morgan fingerprint density at radius 3 is 2.82 bits per heavy atom. The van der Waals surface area contributed by atoms with Crippen molar-refractivity contribution in [2.24, 2.45) is 7.05 Å². The molecule has 92 valence electrons. The summed E-state index contributed by atoms with van der Waals surface area (Å²) in [6.45, 7) is 5.36. The molecule has 0 aromatic carbocycles. The Morgan fingerprint density at radius 1 is 1.47 bits per heavy atom. The van der Waals surface area contributed by atoms with Gasteiger partial charge in [-0.15, -0.1) is 11.3 Å². The molecule has 0 saturated heterocycles. The molecule has 1 N–H and O–H groups in total. The molecule has 2 rings (SSSR count). The van der Waals surface area contributed by atoms with Gasteiger partial charge in [0, 0.05) is 23.7 Å². The summed E-state index contributed by atoms with van der Waals surface area (Å²) in [6, 6.07) is 2.53. The molecule has 0 amide bonds. The van der Waals surface area contributed by atoms with Crippen LogP contribution in [-0.2, 0) is 7.05 Å². The van der Waals surface area contributed by atoms with E-state index < -0.39 is 0 Å². The lowest BCUT2D eigenvalue weighted by Gasteiger charge is -2.15. The van der Waals surface area contributed by atoms with Gasteiger partial charge in [0.2, 0.25) is 0 Å². The average molecular weight is 249 g/mol. The molecule has 0 aliphatic rings. The Balaban J connectivity index is 2.24. The van der Waals surface area contributed by atoms with Gasteiger partial charge in [-0.05, 0) is 36.9 Å². The van der Waals surface area contributed by atoms with Crippen LogP contribution in [-0.4, -0.2) is 16.3 Å². The second-order valence-corrected chi connectivity index (χ2v) is 5.44. The number of thiophene rings is 1. The minimum Gasteiger partial charge on any atom is -0.306 e. The summed E-state index contributed by atoms with van der Waals surface area (Å²) in [5.74, 6) is 0. The van der Waals surface area contributed by atoms with Crippen LogP contribution in [0, 0.1) is 6.92 Å². The van der Waals surface area contributed by atoms with E-state index in [1.165, 1.54) is 16.0 Å². The van der Waals surface area contributed by atoms with E-state index in [4.69, 9.17) is 0 Å². The van der Waals surface area contributed by atoms with Crippen molar-refractivity contribution in [1.82, 2.24) is 15.1 Å². The van der Waals surface area contributed by atoms with E-state index in [0.717, 1.165) is 13.0 Å². The fourth-order valence-corrected chi connectivity index (χ4v) is 2.65. The molecule has 0 aliphatic heterocycles. The van der Waals surface area contributed by atoms with Crippen molar-refractivity contribution >= 4 is 11.3 Å². The molecule has 2 aromatic rings. The molecule has 0 spiro atoms. The fraction of sp³-hybridized carbons (Fsp3) is 0.462. The van der Waals surface area contributed by atoms with Gasteiger partial charge in [0.1, 0.15) is 0 Å². The lowest BCUT2D eigenvalue weighted by Crippen LogP contribution is -2.22. The third kappa shape index (κ3) is 2.96. The predicted molar refractivity (Wildman–Crippen MR) is 72.4 cm³/mol. The molecule has 0 aliphatic carbocycles. The Kier molecular flexibility index (Phi) is 3.97. The summed E-state index contributed by atoms with van der Waals surface area (Å²) < 4.78 is 1.86. The second-order valence-electron chi connectivity index (χ2n) is 4.33. The zero-order valence-electron chi connectivity index (χ0n) is 10.6. The van der Waals surface area contributed by atoms with Crippen molar-refractivity contribution < 1.29 is 0 Å². The first-order valence-electron chi connectivity index (χ1n) is 5.97. The van der Waals surface area contributed by atoms with Crippen LogP contribution in [0.2, 0.25) is 0 Å². The second kappa shape index (κ2) is 5.47. The van der Waals surface area contributed by atoms with Gasteiger partial charge in [-0.25, -0.2) is 0 Å². The van der Waals surface area contributed by atoms with Crippen molar-refractivity contribution in [2.75, 3.05) is 6.54 Å². The molecule has 17 heavy (non-hydrogen) atoms. The predicted octanol–water partition coefficient (Wildman–Crippen LogP) is 2.88. The number of nitrogens with zero attached hydrogens (tertiary/aromatic N) is 2. The summed E-state index contributed by atoms with van der Waals surface area (Å²) in [6.07, 6.45) is 5.17. The number of aromatic nitrogens is 2. The van der Waals surface area contributed by atoms with E-state index >= 15 is 0 Å². The van der Waals surface area contributed by atoms with Gasteiger partial charge in [-0.3, -0.25) is 4.68 Å². The SMILES string of the molecule is CCCNC(c1csc(C)c1)c1cnn(C)c1. The van der Waals surface area contributed by atoms with Gasteiger partial charge in [0.05, 0.1) is 12.2 Å². The molecule has 1 unspecified atom stereocenters. The van der Waals surface area contributed by atoms with Gasteiger partial charge in [0.15, 0.2) is 0 Å². The highest BCUT2D eigenvalue weighted by atomic mass is 32.1. The van der Waals surface area contributed by atoms with E-state index in [2.05, 4.69) is 41.9 Å². The van der Waals surface area contributed by atoms with Crippen molar-refractivity contribution in [2.45, 2.75) is 26.3 Å². The number of aryl methyl sites for hydroxylation is 2. The van der Waals surface area contributed by atoms with Crippen LogP contribution in [0.1, 0.15) is 35.4 Å². The zero-order chi connectivity index (χ0) is 12.3. The molecule has 0 saturated carbocycles. The largest absolute Gasteiger partial charge is 0.306 e. The van der Waals surface area contributed by atoms with Crippen LogP contribution in [0.4, 0.5) is 0 Å². The van der Waals surface area contributed by atoms with Crippen molar-refractivity contribution in [1.29, 1.82) is 0 Å². The molecule has 0 radical (unpaired) electrons. The Labute approximate surface area is 106 Å². The Bertz CT molecular complexity index is 432. The van der Waals surface area contributed by atoms with Gasteiger partial charge in [-0.2, -0.15) is 5.10 Å². The summed E-state index contributed by atoms with van der Waals surface area (Å²) in [4.78, 5) is 1.35. The van der Waals surface area contributed by atoms with Crippen LogP contribution in [0.15, 0.2) is 23.8 Å². The highest BCUT2D eigenvalue weighted by Crippen LogP contribution is 2.25. The quantitative estimate of drug-likeness (QED) is 0.883. The van der Waals surface area contributed by atoms with E-state index in [9.17, 15) is 0 Å². The van der Waals surface area contributed by atoms with Crippen molar-refractivity contribution in [3.63, 3.8) is 0 Å². The first-order chi connectivity index (χ1) is 8.20. The van der Waals surface area contributed by atoms with Gasteiger partial charge < -0.3 is 5.32 Å². The summed E-state index contributed by atoms with van der Waals surface area (Å²) >= 11 is 1.80. The molecule has 2 heterocycles. The number of nitrogens with one attached hydrogen (secondary N) is 1. The van der Waals surface area contributed by atoms with Gasteiger partial charge in [0.25, 0.3) is 0 Å². The normalized spacial score (nSPS) is 12.9. The third-order valence-corrected chi connectivity index (χ3v) is 3.62. The first kappa shape index (κ1) is 12.3. The molecule has 0 fully saturated rings. The van der Waals surface area contributed by atoms with Crippen molar-refractivity contribution in [3.8, 4) is 0 Å². The third-order valence-electron chi connectivity index (χ3n) is 2.74. The number of rotatable bonds is 5. The number of hydrogen-bond donors (Lipinski definition) is 1. The Hall–Kier alpha value is -1.13. The minimum absolute atomic E-state index is 0.272. The molecule has 4 heteroatoms. The monoisotopic (exact) mass is 249 g/mol. The highest BCUT2D eigenvalue weighted by Gasteiger charge is 2.15. The van der Waals surface area contributed by atoms with E-state index in [1.54, 1.807) is 11.3 Å². The molecule has 1 atom stereocenters. The maximum absolute atomic E-state index is 4.26. The molecule has 2 aromatic heterocycles. The van der Waals surface area contributed by atoms with Gasteiger partial charge >= 0.3 is 0 Å². The standard InChI is InChI=1S/C13H19N3S/c1-4-5-14-13(11-6-10(2)17-9-11)12-7-15-16(3)8-12/h6-9,13-14H,4-5H2,1-3H3. The average Bonchev–Trinajstić information content (AvgIpc) is 2.89. The fourth-order valence-electron chi connectivity index (χ4n) is 1.92. The number of hydrogen-bond acceptors (Lipinski definition) is 3.